The van der Waals surface area contributed by atoms with Crippen molar-refractivity contribution in [3.8, 4) is 11.5 Å². The highest BCUT2D eigenvalue weighted by Gasteiger charge is 2.34. The molecule has 13 nitrogen and oxygen atoms in total. The van der Waals surface area contributed by atoms with Crippen molar-refractivity contribution in [1.82, 2.24) is 14.5 Å². The fourth-order valence-corrected chi connectivity index (χ4v) is 6.90. The number of aromatic amines is 1. The Labute approximate surface area is 270 Å². The number of carbonyl (C=O) groups excluding carboxylic acids is 1. The van der Waals surface area contributed by atoms with Gasteiger partial charge in [0.15, 0.2) is 21.5 Å². The molecule has 1 N–H and O–H groups in total. The van der Waals surface area contributed by atoms with E-state index < -0.39 is 22.5 Å². The van der Waals surface area contributed by atoms with Crippen molar-refractivity contribution < 1.29 is 23.9 Å². The molecule has 2 aromatic heterocycles. The third kappa shape index (κ3) is 6.50. The molecule has 5 rings (SSSR count). The summed E-state index contributed by atoms with van der Waals surface area (Å²) >= 11 is 2.17. The Bertz CT molecular complexity index is 2130. The molecule has 0 radical (unpaired) electrons. The molecule has 4 aromatic rings. The van der Waals surface area contributed by atoms with Gasteiger partial charge >= 0.3 is 5.97 Å². The van der Waals surface area contributed by atoms with Crippen LogP contribution in [0.25, 0.3) is 6.08 Å². The average molecular weight is 664 g/mol. The van der Waals surface area contributed by atoms with Crippen LogP contribution < -0.4 is 29.9 Å². The van der Waals surface area contributed by atoms with E-state index in [-0.39, 0.29) is 33.1 Å². The van der Waals surface area contributed by atoms with Gasteiger partial charge < -0.3 is 19.2 Å². The number of thiazole rings is 1. The number of nitro groups is 1. The standard InChI is InChI=1S/C31H29N5O8S2/c1-6-43-22-14-18(8-10-21(22)42-5)27-26(29(39)44-7-2)17(4)33-31-35(27)28(38)24(46-31)15-19-13-20(36(40)41)9-11-23(19)45-30-32-16(3)12-25(37)34-30/h8-15,27H,6-7H2,1-5H3,(H,32,34,37)/b24-15+/t27-/m1/s1. The van der Waals surface area contributed by atoms with E-state index in [0.717, 1.165) is 23.1 Å². The predicted molar refractivity (Wildman–Crippen MR) is 171 cm³/mol. The first-order chi connectivity index (χ1) is 22.0. The molecule has 46 heavy (non-hydrogen) atoms. The van der Waals surface area contributed by atoms with Crippen molar-refractivity contribution in [2.24, 2.45) is 4.99 Å². The number of H-pyrrole nitrogens is 1. The number of nitro benzene ring substituents is 1. The number of fused-ring (bicyclic) bond motifs is 1. The van der Waals surface area contributed by atoms with Gasteiger partial charge in [-0.25, -0.2) is 14.8 Å². The SMILES string of the molecule is CCOC(=O)C1=C(C)N=c2s/c(=C/c3cc([N+](=O)[O-])ccc3Sc3nc(C)cc(=O)[nH]3)c(=O)n2[C@@H]1c1ccc(OC)c(OCC)c1. The lowest BCUT2D eigenvalue weighted by molar-refractivity contribution is -0.384. The van der Waals surface area contributed by atoms with E-state index in [9.17, 15) is 24.5 Å². The number of aryl methyl sites for hydroxylation is 1. The smallest absolute Gasteiger partial charge is 0.338 e. The van der Waals surface area contributed by atoms with Crippen LogP contribution in [-0.2, 0) is 9.53 Å². The minimum absolute atomic E-state index is 0.119. The number of hydrogen-bond acceptors (Lipinski definition) is 12. The number of methoxy groups -OCH3 is 1. The van der Waals surface area contributed by atoms with E-state index in [1.165, 1.54) is 42.0 Å². The van der Waals surface area contributed by atoms with Gasteiger partial charge in [0.25, 0.3) is 16.8 Å². The predicted octanol–water partition coefficient (Wildman–Crippen LogP) is 3.66. The molecule has 238 valence electrons. The number of aromatic nitrogens is 3. The number of esters is 1. The third-order valence-electron chi connectivity index (χ3n) is 6.87. The summed E-state index contributed by atoms with van der Waals surface area (Å²) in [6.07, 6.45) is 1.53. The lowest BCUT2D eigenvalue weighted by Crippen LogP contribution is -2.40. The number of non-ortho nitro benzene ring substituents is 1. The molecule has 15 heteroatoms. The van der Waals surface area contributed by atoms with Crippen molar-refractivity contribution in [3.05, 3.63) is 111 Å². The lowest BCUT2D eigenvalue weighted by Gasteiger charge is -2.25. The van der Waals surface area contributed by atoms with Crippen LogP contribution in [0.15, 0.2) is 78.4 Å². The molecule has 1 atom stereocenters. The fraction of sp³-hybridized carbons (Fsp3) is 0.258. The van der Waals surface area contributed by atoms with Gasteiger partial charge in [-0.15, -0.1) is 0 Å². The van der Waals surface area contributed by atoms with Crippen LogP contribution >= 0.6 is 23.1 Å². The Morgan fingerprint density at radius 1 is 1.13 bits per heavy atom. The second-order valence-corrected chi connectivity index (χ2v) is 12.0. The molecule has 0 saturated heterocycles. The van der Waals surface area contributed by atoms with Crippen LogP contribution in [0.3, 0.4) is 0 Å². The summed E-state index contributed by atoms with van der Waals surface area (Å²) in [6, 6.07) is 9.81. The van der Waals surface area contributed by atoms with Crippen LogP contribution in [0, 0.1) is 17.0 Å². The molecule has 1 aliphatic rings. The Hall–Kier alpha value is -5.02. The van der Waals surface area contributed by atoms with Gasteiger partial charge in [-0.2, -0.15) is 0 Å². The number of nitrogens with one attached hydrogen (secondary N) is 1. The summed E-state index contributed by atoms with van der Waals surface area (Å²) in [4.78, 5) is 63.1. The van der Waals surface area contributed by atoms with Gasteiger partial charge in [0.05, 0.1) is 47.1 Å². The maximum atomic E-state index is 14.2. The maximum Gasteiger partial charge on any atom is 0.338 e. The quantitative estimate of drug-likeness (QED) is 0.114. The van der Waals surface area contributed by atoms with Gasteiger partial charge in [-0.05, 0) is 63.1 Å². The van der Waals surface area contributed by atoms with Crippen LogP contribution in [0.2, 0.25) is 0 Å². The Morgan fingerprint density at radius 3 is 2.59 bits per heavy atom. The largest absolute Gasteiger partial charge is 0.493 e. The monoisotopic (exact) mass is 663 g/mol. The molecule has 0 spiro atoms. The van der Waals surface area contributed by atoms with E-state index >= 15 is 0 Å². The van der Waals surface area contributed by atoms with Crippen molar-refractivity contribution in [2.75, 3.05) is 20.3 Å². The number of carbonyl (C=O) groups is 1. The molecule has 1 aliphatic heterocycles. The summed E-state index contributed by atoms with van der Waals surface area (Å²) in [5.74, 6) is 0.300. The number of allylic oxidation sites excluding steroid dienone is 1. The molecule has 0 fully saturated rings. The molecule has 0 amide bonds. The van der Waals surface area contributed by atoms with E-state index in [1.807, 2.05) is 6.92 Å². The topological polar surface area (TPSA) is 168 Å². The molecule has 3 heterocycles. The first-order valence-corrected chi connectivity index (χ1v) is 15.7. The fourth-order valence-electron chi connectivity index (χ4n) is 4.94. The van der Waals surface area contributed by atoms with Gasteiger partial charge in [0, 0.05) is 28.8 Å². The van der Waals surface area contributed by atoms with Gasteiger partial charge in [-0.1, -0.05) is 29.2 Å². The molecule has 0 bridgehead atoms. The molecule has 0 saturated carbocycles. The summed E-state index contributed by atoms with van der Waals surface area (Å²) < 4.78 is 18.2. The Kier molecular flexibility index (Phi) is 9.53. The number of hydrogen-bond donors (Lipinski definition) is 1. The summed E-state index contributed by atoms with van der Waals surface area (Å²) in [5, 5.41) is 12.0. The first kappa shape index (κ1) is 32.4. The summed E-state index contributed by atoms with van der Waals surface area (Å²) in [7, 11) is 1.52. The number of rotatable bonds is 10. The van der Waals surface area contributed by atoms with Crippen LogP contribution in [0.4, 0.5) is 5.69 Å². The minimum atomic E-state index is -0.914. The zero-order valence-corrected chi connectivity index (χ0v) is 27.1. The first-order valence-electron chi connectivity index (χ1n) is 14.1. The van der Waals surface area contributed by atoms with E-state index in [2.05, 4.69) is 15.0 Å². The molecular weight excluding hydrogens is 635 g/mol. The van der Waals surface area contributed by atoms with Crippen LogP contribution in [0.5, 0.6) is 11.5 Å². The summed E-state index contributed by atoms with van der Waals surface area (Å²) in [6.45, 7) is 7.35. The van der Waals surface area contributed by atoms with Gasteiger partial charge in [0.2, 0.25) is 0 Å². The average Bonchev–Trinajstić information content (AvgIpc) is 3.30. The van der Waals surface area contributed by atoms with Gasteiger partial charge in [-0.3, -0.25) is 24.3 Å². The van der Waals surface area contributed by atoms with Crippen molar-refractivity contribution >= 4 is 40.8 Å². The molecule has 0 aliphatic carbocycles. The highest BCUT2D eigenvalue weighted by atomic mass is 32.2. The Morgan fingerprint density at radius 2 is 1.91 bits per heavy atom. The van der Waals surface area contributed by atoms with Crippen LogP contribution in [0.1, 0.15) is 43.6 Å². The molecule has 0 unspecified atom stereocenters. The second kappa shape index (κ2) is 13.5. The molecule has 2 aromatic carbocycles. The van der Waals surface area contributed by atoms with Crippen molar-refractivity contribution in [3.63, 3.8) is 0 Å². The van der Waals surface area contributed by atoms with E-state index in [0.29, 0.717) is 50.3 Å². The minimum Gasteiger partial charge on any atom is -0.493 e. The van der Waals surface area contributed by atoms with Crippen LogP contribution in [-0.4, -0.2) is 45.8 Å². The Balaban J connectivity index is 1.73. The lowest BCUT2D eigenvalue weighted by atomic mass is 9.95. The van der Waals surface area contributed by atoms with E-state index in [4.69, 9.17) is 14.2 Å². The second-order valence-electron chi connectivity index (χ2n) is 9.92. The maximum absolute atomic E-state index is 14.2. The number of ether oxygens (including phenoxy) is 3. The normalized spacial score (nSPS) is 14.5. The highest BCUT2D eigenvalue weighted by molar-refractivity contribution is 7.99. The van der Waals surface area contributed by atoms with Crippen molar-refractivity contribution in [1.29, 1.82) is 0 Å². The zero-order chi connectivity index (χ0) is 33.1. The molecular formula is C31H29N5O8S2. The summed E-state index contributed by atoms with van der Waals surface area (Å²) in [5.41, 5.74) is 0.994. The number of nitrogens with zero attached hydrogens (tertiary/aromatic N) is 4. The van der Waals surface area contributed by atoms with E-state index in [1.54, 1.807) is 39.0 Å². The zero-order valence-electron chi connectivity index (χ0n) is 25.5. The van der Waals surface area contributed by atoms with Crippen molar-refractivity contribution in [2.45, 2.75) is 43.8 Å². The number of benzene rings is 2. The third-order valence-corrected chi connectivity index (χ3v) is 8.83. The highest BCUT2D eigenvalue weighted by Crippen LogP contribution is 2.36. The van der Waals surface area contributed by atoms with Gasteiger partial charge in [0.1, 0.15) is 0 Å².